The average Bonchev–Trinajstić information content (AvgIpc) is 2.88. The number of H-pyrrole nitrogens is 1. The molecule has 0 unspecified atom stereocenters. The molecule has 0 fully saturated rings. The molecule has 2 N–H and O–H groups in total. The number of hydrogen-bond acceptors (Lipinski definition) is 3. The Morgan fingerprint density at radius 1 is 1.40 bits per heavy atom. The van der Waals surface area contributed by atoms with E-state index in [1.54, 1.807) is 0 Å². The van der Waals surface area contributed by atoms with Crippen LogP contribution in [0.4, 0.5) is 0 Å². The van der Waals surface area contributed by atoms with Gasteiger partial charge in [-0.3, -0.25) is 9.89 Å². The van der Waals surface area contributed by atoms with E-state index in [9.17, 15) is 4.79 Å². The maximum Gasteiger partial charge on any atom is 0.290 e. The van der Waals surface area contributed by atoms with Crippen LogP contribution in [0.2, 0.25) is 0 Å². The normalized spacial score (nSPS) is 10.8. The van der Waals surface area contributed by atoms with Crippen LogP contribution in [-0.2, 0) is 6.42 Å². The molecule has 5 nitrogen and oxygen atoms in total. The van der Waals surface area contributed by atoms with Crippen molar-refractivity contribution in [1.82, 2.24) is 20.5 Å². The second-order valence-corrected chi connectivity index (χ2v) is 5.19. The maximum atomic E-state index is 11.9. The number of carbonyl (C=O) groups excluding carboxylic acids is 1. The third-order valence-electron chi connectivity index (χ3n) is 3.03. The third-order valence-corrected chi connectivity index (χ3v) is 3.03. The molecule has 5 heteroatoms. The van der Waals surface area contributed by atoms with Crippen molar-refractivity contribution in [1.29, 1.82) is 0 Å². The number of nitrogens with zero attached hydrogens (tertiary/aromatic N) is 2. The molecule has 2 aromatic rings. The number of rotatable bonds is 5. The number of aromatic amines is 1. The van der Waals surface area contributed by atoms with E-state index in [1.165, 1.54) is 11.1 Å². The molecule has 2 rings (SSSR count). The van der Waals surface area contributed by atoms with Crippen molar-refractivity contribution in [3.8, 4) is 0 Å². The van der Waals surface area contributed by atoms with Gasteiger partial charge in [-0.1, -0.05) is 43.7 Å². The summed E-state index contributed by atoms with van der Waals surface area (Å²) < 4.78 is 0. The number of aryl methyl sites for hydroxylation is 1. The molecule has 0 saturated carbocycles. The Morgan fingerprint density at radius 3 is 2.85 bits per heavy atom. The fourth-order valence-corrected chi connectivity index (χ4v) is 1.90. The number of nitrogens with one attached hydrogen (secondary N) is 2. The lowest BCUT2D eigenvalue weighted by Gasteiger charge is -2.04. The summed E-state index contributed by atoms with van der Waals surface area (Å²) in [7, 11) is 0. The molecular weight excluding hydrogens is 252 g/mol. The lowest BCUT2D eigenvalue weighted by atomic mass is 10.1. The zero-order valence-corrected chi connectivity index (χ0v) is 12.1. The Labute approximate surface area is 118 Å². The summed E-state index contributed by atoms with van der Waals surface area (Å²) in [5.74, 6) is 0.934. The minimum atomic E-state index is -0.235. The summed E-state index contributed by atoms with van der Waals surface area (Å²) >= 11 is 0. The Bertz CT molecular complexity index is 589. The molecule has 1 amide bonds. The first-order chi connectivity index (χ1) is 9.56. The molecule has 0 aliphatic carbocycles. The molecule has 20 heavy (non-hydrogen) atoms. The minimum absolute atomic E-state index is 0.206. The van der Waals surface area contributed by atoms with Gasteiger partial charge in [0, 0.05) is 12.5 Å². The van der Waals surface area contributed by atoms with Crippen LogP contribution in [0.3, 0.4) is 0 Å². The van der Waals surface area contributed by atoms with Gasteiger partial charge in [0.2, 0.25) is 5.82 Å². The molecule has 0 aliphatic heterocycles. The van der Waals surface area contributed by atoms with Crippen LogP contribution in [0.15, 0.2) is 24.3 Å². The maximum absolute atomic E-state index is 11.9. The number of amides is 1. The van der Waals surface area contributed by atoms with E-state index < -0.39 is 0 Å². The fraction of sp³-hybridized carbons (Fsp3) is 0.400. The molecule has 0 radical (unpaired) electrons. The van der Waals surface area contributed by atoms with Crippen molar-refractivity contribution < 1.29 is 4.79 Å². The highest BCUT2D eigenvalue weighted by Gasteiger charge is 2.13. The number of benzene rings is 1. The van der Waals surface area contributed by atoms with E-state index in [0.717, 1.165) is 12.2 Å². The Kier molecular flexibility index (Phi) is 4.50. The van der Waals surface area contributed by atoms with E-state index >= 15 is 0 Å². The monoisotopic (exact) mass is 272 g/mol. The van der Waals surface area contributed by atoms with Gasteiger partial charge >= 0.3 is 0 Å². The van der Waals surface area contributed by atoms with E-state index in [2.05, 4.69) is 45.6 Å². The average molecular weight is 272 g/mol. The van der Waals surface area contributed by atoms with Crippen LogP contribution in [0.5, 0.6) is 0 Å². The number of hydrogen-bond donors (Lipinski definition) is 2. The molecule has 106 valence electrons. The molecule has 1 heterocycles. The topological polar surface area (TPSA) is 70.7 Å². The van der Waals surface area contributed by atoms with Gasteiger partial charge in [-0.05, 0) is 18.9 Å². The lowest BCUT2D eigenvalue weighted by molar-refractivity contribution is 0.0944. The van der Waals surface area contributed by atoms with Gasteiger partial charge in [-0.25, -0.2) is 4.98 Å². The van der Waals surface area contributed by atoms with E-state index in [-0.39, 0.29) is 17.6 Å². The zero-order valence-electron chi connectivity index (χ0n) is 12.1. The predicted octanol–water partition coefficient (Wildman–Crippen LogP) is 2.21. The molecule has 0 aliphatic rings. The zero-order chi connectivity index (χ0) is 14.5. The van der Waals surface area contributed by atoms with Gasteiger partial charge in [0.25, 0.3) is 5.91 Å². The SMILES string of the molecule is Cc1cccc(CCNC(=O)c2n[nH]c(C(C)C)n2)c1. The van der Waals surface area contributed by atoms with Crippen molar-refractivity contribution in [3.63, 3.8) is 0 Å². The molecule has 0 saturated heterocycles. The summed E-state index contributed by atoms with van der Waals surface area (Å²) in [4.78, 5) is 16.1. The van der Waals surface area contributed by atoms with Crippen molar-refractivity contribution >= 4 is 5.91 Å². The fourth-order valence-electron chi connectivity index (χ4n) is 1.90. The molecular formula is C15H20N4O. The van der Waals surface area contributed by atoms with Crippen LogP contribution in [0.1, 0.15) is 47.3 Å². The van der Waals surface area contributed by atoms with Crippen molar-refractivity contribution in [2.75, 3.05) is 6.54 Å². The van der Waals surface area contributed by atoms with E-state index in [4.69, 9.17) is 0 Å². The first-order valence-electron chi connectivity index (χ1n) is 6.82. The molecule has 0 spiro atoms. The van der Waals surface area contributed by atoms with Crippen LogP contribution < -0.4 is 5.32 Å². The van der Waals surface area contributed by atoms with Gasteiger partial charge in [-0.15, -0.1) is 5.10 Å². The Morgan fingerprint density at radius 2 is 2.20 bits per heavy atom. The highest BCUT2D eigenvalue weighted by Crippen LogP contribution is 2.07. The summed E-state index contributed by atoms with van der Waals surface area (Å²) in [6.07, 6.45) is 0.800. The molecule has 0 bridgehead atoms. The smallest absolute Gasteiger partial charge is 0.290 e. The van der Waals surface area contributed by atoms with Crippen LogP contribution in [0.25, 0.3) is 0 Å². The van der Waals surface area contributed by atoms with Crippen LogP contribution >= 0.6 is 0 Å². The molecule has 0 atom stereocenters. The third kappa shape index (κ3) is 3.66. The quantitative estimate of drug-likeness (QED) is 0.876. The summed E-state index contributed by atoms with van der Waals surface area (Å²) in [5.41, 5.74) is 2.44. The summed E-state index contributed by atoms with van der Waals surface area (Å²) in [6, 6.07) is 8.26. The summed E-state index contributed by atoms with van der Waals surface area (Å²) in [5, 5.41) is 9.54. The largest absolute Gasteiger partial charge is 0.349 e. The molecule has 1 aromatic heterocycles. The summed E-state index contributed by atoms with van der Waals surface area (Å²) in [6.45, 7) is 6.64. The first-order valence-corrected chi connectivity index (χ1v) is 6.82. The second-order valence-electron chi connectivity index (χ2n) is 5.19. The first kappa shape index (κ1) is 14.2. The van der Waals surface area contributed by atoms with Gasteiger partial charge in [0.05, 0.1) is 0 Å². The highest BCUT2D eigenvalue weighted by atomic mass is 16.2. The number of aromatic nitrogens is 3. The Balaban J connectivity index is 1.85. The van der Waals surface area contributed by atoms with E-state index in [0.29, 0.717) is 6.54 Å². The van der Waals surface area contributed by atoms with Crippen molar-refractivity contribution in [2.24, 2.45) is 0 Å². The molecule has 1 aromatic carbocycles. The van der Waals surface area contributed by atoms with Crippen molar-refractivity contribution in [2.45, 2.75) is 33.1 Å². The minimum Gasteiger partial charge on any atom is -0.349 e. The van der Waals surface area contributed by atoms with Gasteiger partial charge in [0.15, 0.2) is 0 Å². The van der Waals surface area contributed by atoms with Crippen molar-refractivity contribution in [3.05, 3.63) is 47.0 Å². The Hall–Kier alpha value is -2.17. The predicted molar refractivity (Wildman–Crippen MR) is 77.7 cm³/mol. The van der Waals surface area contributed by atoms with Gasteiger partial charge < -0.3 is 5.32 Å². The van der Waals surface area contributed by atoms with E-state index in [1.807, 2.05) is 19.9 Å². The second kappa shape index (κ2) is 6.32. The number of carbonyl (C=O) groups is 1. The standard InChI is InChI=1S/C15H20N4O/c1-10(2)13-17-14(19-18-13)15(20)16-8-7-12-6-4-5-11(3)9-12/h4-6,9-10H,7-8H2,1-3H3,(H,16,20)(H,17,18,19). The van der Waals surface area contributed by atoms with Gasteiger partial charge in [0.1, 0.15) is 5.82 Å². The highest BCUT2D eigenvalue weighted by molar-refractivity contribution is 5.90. The lowest BCUT2D eigenvalue weighted by Crippen LogP contribution is -2.26. The van der Waals surface area contributed by atoms with Crippen LogP contribution in [-0.4, -0.2) is 27.6 Å². The van der Waals surface area contributed by atoms with Crippen LogP contribution in [0, 0.1) is 6.92 Å². The van der Waals surface area contributed by atoms with Gasteiger partial charge in [-0.2, -0.15) is 0 Å².